The van der Waals surface area contributed by atoms with Crippen LogP contribution < -0.4 is 0 Å². The molecule has 0 radical (unpaired) electrons. The first-order valence-electron chi connectivity index (χ1n) is 4.71. The van der Waals surface area contributed by atoms with E-state index in [2.05, 4.69) is 0 Å². The van der Waals surface area contributed by atoms with Gasteiger partial charge in [-0.3, -0.25) is 4.79 Å². The van der Waals surface area contributed by atoms with Gasteiger partial charge in [0.25, 0.3) is 0 Å². The van der Waals surface area contributed by atoms with Crippen LogP contribution in [-0.4, -0.2) is 24.8 Å². The third-order valence-corrected chi connectivity index (χ3v) is 2.47. The molecule has 0 atom stereocenters. The number of ketones is 1. The summed E-state index contributed by atoms with van der Waals surface area (Å²) in [6.45, 7) is 8.42. The van der Waals surface area contributed by atoms with Crippen LogP contribution in [0, 0.1) is 5.41 Å². The monoisotopic (exact) mass is 186 g/mol. The zero-order valence-electron chi connectivity index (χ0n) is 8.85. The molecule has 0 aromatic rings. The summed E-state index contributed by atoms with van der Waals surface area (Å²) in [6, 6.07) is 0. The van der Waals surface area contributed by atoms with Gasteiger partial charge in [-0.2, -0.15) is 0 Å². The number of rotatable bonds is 2. The molecule has 1 fully saturated rings. The Morgan fingerprint density at radius 3 is 2.08 bits per heavy atom. The number of carbonyl (C=O) groups excluding carboxylic acids is 1. The van der Waals surface area contributed by atoms with Crippen molar-refractivity contribution in [2.75, 3.05) is 13.2 Å². The van der Waals surface area contributed by atoms with Crippen LogP contribution in [0.2, 0.25) is 0 Å². The molecule has 0 aliphatic carbocycles. The fourth-order valence-electron chi connectivity index (χ4n) is 1.34. The lowest BCUT2D eigenvalue weighted by molar-refractivity contribution is -0.276. The van der Waals surface area contributed by atoms with Crippen LogP contribution in [0.25, 0.3) is 0 Å². The number of carbonyl (C=O) groups is 1. The fraction of sp³-hybridized carbons (Fsp3) is 0.900. The highest BCUT2D eigenvalue weighted by molar-refractivity contribution is 5.84. The lowest BCUT2D eigenvalue weighted by Gasteiger charge is -2.40. The van der Waals surface area contributed by atoms with E-state index in [0.29, 0.717) is 19.6 Å². The van der Waals surface area contributed by atoms with Crippen LogP contribution in [0.4, 0.5) is 0 Å². The first kappa shape index (κ1) is 10.7. The molecule has 0 aromatic heterocycles. The number of hydrogen-bond acceptors (Lipinski definition) is 3. The van der Waals surface area contributed by atoms with Crippen LogP contribution in [0.15, 0.2) is 0 Å². The first-order valence-corrected chi connectivity index (χ1v) is 4.71. The van der Waals surface area contributed by atoms with Crippen LogP contribution >= 0.6 is 0 Å². The summed E-state index contributed by atoms with van der Waals surface area (Å²) in [7, 11) is 0. The van der Waals surface area contributed by atoms with Gasteiger partial charge in [-0.05, 0) is 20.8 Å². The average molecular weight is 186 g/mol. The third kappa shape index (κ3) is 2.29. The van der Waals surface area contributed by atoms with Crippen molar-refractivity contribution in [2.45, 2.75) is 39.9 Å². The topological polar surface area (TPSA) is 35.5 Å². The SMILES string of the molecule is CCC(=O)C1(C)COC(C)(C)OC1. The second-order valence-corrected chi connectivity index (χ2v) is 4.31. The van der Waals surface area contributed by atoms with Crippen molar-refractivity contribution in [1.82, 2.24) is 0 Å². The minimum absolute atomic E-state index is 0.211. The number of Topliss-reactive ketones (excluding diaryl/α,β-unsaturated/α-hetero) is 1. The Morgan fingerprint density at radius 2 is 1.69 bits per heavy atom. The normalized spacial score (nSPS) is 25.5. The smallest absolute Gasteiger partial charge is 0.162 e. The van der Waals surface area contributed by atoms with E-state index < -0.39 is 11.2 Å². The molecule has 3 nitrogen and oxygen atoms in total. The second kappa shape index (κ2) is 3.39. The van der Waals surface area contributed by atoms with Gasteiger partial charge in [0.1, 0.15) is 5.78 Å². The molecular formula is C10H18O3. The van der Waals surface area contributed by atoms with E-state index in [1.54, 1.807) is 0 Å². The minimum atomic E-state index is -0.534. The lowest BCUT2D eigenvalue weighted by Crippen LogP contribution is -2.48. The fourth-order valence-corrected chi connectivity index (χ4v) is 1.34. The minimum Gasteiger partial charge on any atom is -0.349 e. The molecule has 1 heterocycles. The average Bonchev–Trinajstić information content (AvgIpc) is 2.09. The summed E-state index contributed by atoms with van der Waals surface area (Å²) in [5.74, 6) is -0.323. The quantitative estimate of drug-likeness (QED) is 0.659. The Hall–Kier alpha value is -0.410. The molecule has 0 saturated carbocycles. The van der Waals surface area contributed by atoms with Crippen molar-refractivity contribution < 1.29 is 14.3 Å². The zero-order valence-corrected chi connectivity index (χ0v) is 8.85. The van der Waals surface area contributed by atoms with Crippen molar-refractivity contribution in [1.29, 1.82) is 0 Å². The predicted molar refractivity (Wildman–Crippen MR) is 49.4 cm³/mol. The van der Waals surface area contributed by atoms with Gasteiger partial charge in [-0.1, -0.05) is 6.92 Å². The molecule has 1 aliphatic heterocycles. The lowest BCUT2D eigenvalue weighted by atomic mass is 9.85. The van der Waals surface area contributed by atoms with Crippen LogP contribution in [0.3, 0.4) is 0 Å². The van der Waals surface area contributed by atoms with Gasteiger partial charge < -0.3 is 9.47 Å². The van der Waals surface area contributed by atoms with Gasteiger partial charge in [-0.15, -0.1) is 0 Å². The largest absolute Gasteiger partial charge is 0.349 e. The van der Waals surface area contributed by atoms with E-state index in [1.807, 2.05) is 27.7 Å². The highest BCUT2D eigenvalue weighted by Crippen LogP contribution is 2.30. The van der Waals surface area contributed by atoms with Crippen molar-refractivity contribution >= 4 is 5.78 Å². The van der Waals surface area contributed by atoms with Gasteiger partial charge in [0.05, 0.1) is 18.6 Å². The molecule has 3 heteroatoms. The number of ether oxygens (including phenoxy) is 2. The van der Waals surface area contributed by atoms with E-state index in [0.717, 1.165) is 0 Å². The highest BCUT2D eigenvalue weighted by Gasteiger charge is 2.40. The zero-order chi connectivity index (χ0) is 10.1. The molecule has 0 N–H and O–H groups in total. The summed E-state index contributed by atoms with van der Waals surface area (Å²) in [5, 5.41) is 0. The Kier molecular flexibility index (Phi) is 2.78. The van der Waals surface area contributed by atoms with E-state index in [1.165, 1.54) is 0 Å². The molecule has 1 rings (SSSR count). The molecule has 76 valence electrons. The molecule has 1 saturated heterocycles. The Morgan fingerprint density at radius 1 is 1.23 bits per heavy atom. The van der Waals surface area contributed by atoms with Gasteiger partial charge in [0, 0.05) is 6.42 Å². The maximum absolute atomic E-state index is 11.5. The van der Waals surface area contributed by atoms with Crippen LogP contribution in [0.5, 0.6) is 0 Å². The van der Waals surface area contributed by atoms with E-state index in [9.17, 15) is 4.79 Å². The highest BCUT2D eigenvalue weighted by atomic mass is 16.7. The molecule has 0 unspecified atom stereocenters. The van der Waals surface area contributed by atoms with E-state index in [-0.39, 0.29) is 5.78 Å². The van der Waals surface area contributed by atoms with Crippen molar-refractivity contribution in [3.63, 3.8) is 0 Å². The maximum atomic E-state index is 11.5. The van der Waals surface area contributed by atoms with Crippen LogP contribution in [0.1, 0.15) is 34.1 Å². The summed E-state index contributed by atoms with van der Waals surface area (Å²) in [6.07, 6.45) is 0.545. The molecule has 0 bridgehead atoms. The van der Waals surface area contributed by atoms with Gasteiger partial charge in [0.15, 0.2) is 5.79 Å². The van der Waals surface area contributed by atoms with Gasteiger partial charge >= 0.3 is 0 Å². The van der Waals surface area contributed by atoms with Crippen molar-refractivity contribution in [3.05, 3.63) is 0 Å². The molecule has 0 amide bonds. The summed E-state index contributed by atoms with van der Waals surface area (Å²) >= 11 is 0. The molecule has 1 aliphatic rings. The van der Waals surface area contributed by atoms with E-state index in [4.69, 9.17) is 9.47 Å². The Bertz CT molecular complexity index is 198. The van der Waals surface area contributed by atoms with Crippen molar-refractivity contribution in [3.8, 4) is 0 Å². The molecule has 13 heavy (non-hydrogen) atoms. The predicted octanol–water partition coefficient (Wildman–Crippen LogP) is 1.75. The molecule has 0 aromatic carbocycles. The summed E-state index contributed by atoms with van der Waals surface area (Å²) < 4.78 is 10.9. The summed E-state index contributed by atoms with van der Waals surface area (Å²) in [5.41, 5.74) is -0.440. The Labute approximate surface area is 79.4 Å². The summed E-state index contributed by atoms with van der Waals surface area (Å²) in [4.78, 5) is 11.5. The first-order chi connectivity index (χ1) is 5.90. The number of hydrogen-bond donors (Lipinski definition) is 0. The third-order valence-electron chi connectivity index (χ3n) is 2.47. The van der Waals surface area contributed by atoms with Crippen molar-refractivity contribution in [2.24, 2.45) is 5.41 Å². The second-order valence-electron chi connectivity index (χ2n) is 4.31. The van der Waals surface area contributed by atoms with E-state index >= 15 is 0 Å². The molecule has 0 spiro atoms. The van der Waals surface area contributed by atoms with Gasteiger partial charge in [-0.25, -0.2) is 0 Å². The van der Waals surface area contributed by atoms with Crippen LogP contribution in [-0.2, 0) is 14.3 Å². The van der Waals surface area contributed by atoms with Gasteiger partial charge in [0.2, 0.25) is 0 Å². The maximum Gasteiger partial charge on any atom is 0.162 e. The standard InChI is InChI=1S/C10H18O3/c1-5-8(11)10(4)6-12-9(2,3)13-7-10/h5-7H2,1-4H3. The molecular weight excluding hydrogens is 168 g/mol. The Balaban J connectivity index is 2.61.